The lowest BCUT2D eigenvalue weighted by Gasteiger charge is -2.11. The van der Waals surface area contributed by atoms with Crippen LogP contribution in [0.4, 0.5) is 8.78 Å². The number of aryl methyl sites for hydroxylation is 1. The van der Waals surface area contributed by atoms with Crippen molar-refractivity contribution in [2.75, 3.05) is 0 Å². The standard InChI is InChI=1S/C19H12F2N4O/c1-12-15(10-23)18(25(24-12)14-5-3-2-4-6-14)11-26-19-16(20)7-13(9-22)8-17(19)21/h2-8H,11H2,1H3. The fourth-order valence-corrected chi connectivity index (χ4v) is 2.54. The average molecular weight is 350 g/mol. The molecule has 0 N–H and O–H groups in total. The van der Waals surface area contributed by atoms with Gasteiger partial charge in [0.25, 0.3) is 0 Å². The highest BCUT2D eigenvalue weighted by Crippen LogP contribution is 2.26. The van der Waals surface area contributed by atoms with E-state index in [2.05, 4.69) is 5.10 Å². The van der Waals surface area contributed by atoms with E-state index in [9.17, 15) is 14.0 Å². The minimum Gasteiger partial charge on any atom is -0.481 e. The summed E-state index contributed by atoms with van der Waals surface area (Å²) in [6.07, 6.45) is 0. The van der Waals surface area contributed by atoms with Crippen LogP contribution in [-0.2, 0) is 6.61 Å². The van der Waals surface area contributed by atoms with Crippen LogP contribution in [0, 0.1) is 41.2 Å². The number of benzene rings is 2. The van der Waals surface area contributed by atoms with Crippen LogP contribution in [0.2, 0.25) is 0 Å². The van der Waals surface area contributed by atoms with Gasteiger partial charge in [-0.05, 0) is 31.2 Å². The van der Waals surface area contributed by atoms with Crippen LogP contribution in [0.5, 0.6) is 5.75 Å². The smallest absolute Gasteiger partial charge is 0.191 e. The minimum atomic E-state index is -0.984. The Hall–Kier alpha value is -3.71. The molecule has 0 aliphatic carbocycles. The molecule has 3 aromatic rings. The first kappa shape index (κ1) is 17.1. The fourth-order valence-electron chi connectivity index (χ4n) is 2.54. The van der Waals surface area contributed by atoms with Crippen LogP contribution >= 0.6 is 0 Å². The topological polar surface area (TPSA) is 74.6 Å². The highest BCUT2D eigenvalue weighted by atomic mass is 19.1. The maximum Gasteiger partial charge on any atom is 0.191 e. The Labute approximate surface area is 148 Å². The van der Waals surface area contributed by atoms with E-state index < -0.39 is 17.4 Å². The molecular weight excluding hydrogens is 338 g/mol. The van der Waals surface area contributed by atoms with Gasteiger partial charge < -0.3 is 4.74 Å². The first-order chi connectivity index (χ1) is 12.5. The third-order valence-corrected chi connectivity index (χ3v) is 3.75. The Morgan fingerprint density at radius 1 is 1.08 bits per heavy atom. The van der Waals surface area contributed by atoms with Crippen LogP contribution in [-0.4, -0.2) is 9.78 Å². The zero-order valence-corrected chi connectivity index (χ0v) is 13.7. The number of nitrogens with zero attached hydrogens (tertiary/aromatic N) is 4. The number of halogens is 2. The maximum atomic E-state index is 14.0. The van der Waals surface area contributed by atoms with Crippen molar-refractivity contribution in [3.05, 3.63) is 76.6 Å². The van der Waals surface area contributed by atoms with Crippen molar-refractivity contribution in [2.45, 2.75) is 13.5 Å². The lowest BCUT2D eigenvalue weighted by Crippen LogP contribution is -2.08. The average Bonchev–Trinajstić information content (AvgIpc) is 2.97. The van der Waals surface area contributed by atoms with Gasteiger partial charge in [0.15, 0.2) is 17.4 Å². The van der Waals surface area contributed by atoms with Crippen LogP contribution in [0.25, 0.3) is 5.69 Å². The largest absolute Gasteiger partial charge is 0.481 e. The number of rotatable bonds is 4. The molecule has 0 bridgehead atoms. The molecule has 1 heterocycles. The van der Waals surface area contributed by atoms with Gasteiger partial charge in [-0.15, -0.1) is 0 Å². The van der Waals surface area contributed by atoms with Crippen molar-refractivity contribution in [1.82, 2.24) is 9.78 Å². The predicted molar refractivity (Wildman–Crippen MR) is 88.4 cm³/mol. The third kappa shape index (κ3) is 3.11. The van der Waals surface area contributed by atoms with Crippen molar-refractivity contribution in [3.63, 3.8) is 0 Å². The SMILES string of the molecule is Cc1nn(-c2ccccc2)c(COc2c(F)cc(C#N)cc2F)c1C#N. The van der Waals surface area contributed by atoms with Crippen molar-refractivity contribution >= 4 is 0 Å². The van der Waals surface area contributed by atoms with E-state index in [4.69, 9.17) is 10.00 Å². The van der Waals surface area contributed by atoms with Crippen molar-refractivity contribution in [3.8, 4) is 23.6 Å². The molecule has 0 fully saturated rings. The Kier molecular flexibility index (Phi) is 4.64. The van der Waals surface area contributed by atoms with Crippen LogP contribution < -0.4 is 4.74 Å². The Bertz CT molecular complexity index is 1020. The lowest BCUT2D eigenvalue weighted by molar-refractivity contribution is 0.267. The lowest BCUT2D eigenvalue weighted by atomic mass is 10.2. The second-order valence-corrected chi connectivity index (χ2v) is 5.44. The molecule has 128 valence electrons. The molecule has 0 spiro atoms. The van der Waals surface area contributed by atoms with E-state index in [0.29, 0.717) is 17.1 Å². The summed E-state index contributed by atoms with van der Waals surface area (Å²) in [5.74, 6) is -2.57. The first-order valence-electron chi connectivity index (χ1n) is 7.61. The van der Waals surface area contributed by atoms with Gasteiger partial charge in [-0.2, -0.15) is 15.6 Å². The summed E-state index contributed by atoms with van der Waals surface area (Å²) < 4.78 is 34.8. The van der Waals surface area contributed by atoms with Gasteiger partial charge in [0.2, 0.25) is 0 Å². The van der Waals surface area contributed by atoms with Crippen LogP contribution in [0.1, 0.15) is 22.5 Å². The molecule has 0 saturated carbocycles. The highest BCUT2D eigenvalue weighted by Gasteiger charge is 2.19. The summed E-state index contributed by atoms with van der Waals surface area (Å²) in [5, 5.41) is 22.5. The summed E-state index contributed by atoms with van der Waals surface area (Å²) in [7, 11) is 0. The fraction of sp³-hybridized carbons (Fsp3) is 0.105. The molecule has 0 aliphatic heterocycles. The number of aromatic nitrogens is 2. The molecule has 1 aromatic heterocycles. The van der Waals surface area contributed by atoms with Crippen LogP contribution in [0.15, 0.2) is 42.5 Å². The quantitative estimate of drug-likeness (QED) is 0.718. The number of hydrogen-bond donors (Lipinski definition) is 0. The summed E-state index contributed by atoms with van der Waals surface area (Å²) in [6.45, 7) is 1.41. The van der Waals surface area contributed by atoms with Gasteiger partial charge in [-0.1, -0.05) is 18.2 Å². The molecule has 2 aromatic carbocycles. The minimum absolute atomic E-state index is 0.143. The first-order valence-corrected chi connectivity index (χ1v) is 7.61. The van der Waals surface area contributed by atoms with Crippen molar-refractivity contribution in [1.29, 1.82) is 10.5 Å². The molecule has 0 radical (unpaired) electrons. The Balaban J connectivity index is 1.99. The second kappa shape index (κ2) is 7.04. The third-order valence-electron chi connectivity index (χ3n) is 3.75. The normalized spacial score (nSPS) is 10.2. The van der Waals surface area contributed by atoms with Gasteiger partial charge >= 0.3 is 0 Å². The molecule has 7 heteroatoms. The maximum absolute atomic E-state index is 14.0. The van der Waals surface area contributed by atoms with E-state index in [1.165, 1.54) is 4.68 Å². The summed E-state index contributed by atoms with van der Waals surface area (Å²) >= 11 is 0. The van der Waals surface area contributed by atoms with Crippen LogP contribution in [0.3, 0.4) is 0 Å². The zero-order chi connectivity index (χ0) is 18.7. The van der Waals surface area contributed by atoms with E-state index in [-0.39, 0.29) is 17.7 Å². The molecule has 0 unspecified atom stereocenters. The molecule has 3 rings (SSSR count). The molecule has 5 nitrogen and oxygen atoms in total. The summed E-state index contributed by atoms with van der Waals surface area (Å²) in [6, 6.07) is 14.5. The molecule has 0 amide bonds. The second-order valence-electron chi connectivity index (χ2n) is 5.44. The number of nitriles is 2. The number of para-hydroxylation sites is 1. The van der Waals surface area contributed by atoms with Crippen molar-refractivity contribution < 1.29 is 13.5 Å². The molecule has 0 aliphatic rings. The van der Waals surface area contributed by atoms with Gasteiger partial charge in [0, 0.05) is 0 Å². The van der Waals surface area contributed by atoms with Gasteiger partial charge in [-0.25, -0.2) is 13.5 Å². The number of hydrogen-bond acceptors (Lipinski definition) is 4. The Morgan fingerprint density at radius 3 is 2.31 bits per heavy atom. The van der Waals surface area contributed by atoms with Gasteiger partial charge in [0.05, 0.1) is 28.7 Å². The van der Waals surface area contributed by atoms with E-state index in [1.807, 2.05) is 24.3 Å². The Morgan fingerprint density at radius 2 is 1.73 bits per heavy atom. The van der Waals surface area contributed by atoms with Gasteiger partial charge in [0.1, 0.15) is 18.2 Å². The van der Waals surface area contributed by atoms with Gasteiger partial charge in [-0.3, -0.25) is 0 Å². The molecule has 0 saturated heterocycles. The van der Waals surface area contributed by atoms with Crippen molar-refractivity contribution in [2.24, 2.45) is 0 Å². The zero-order valence-electron chi connectivity index (χ0n) is 13.7. The highest BCUT2D eigenvalue weighted by molar-refractivity contribution is 5.44. The molecule has 26 heavy (non-hydrogen) atoms. The van der Waals surface area contributed by atoms with E-state index >= 15 is 0 Å². The van der Waals surface area contributed by atoms with E-state index in [0.717, 1.165) is 12.1 Å². The molecule has 0 atom stereocenters. The molecular formula is C19H12F2N4O. The summed E-state index contributed by atoms with van der Waals surface area (Å²) in [5.41, 5.74) is 1.69. The number of ether oxygens (including phenoxy) is 1. The monoisotopic (exact) mass is 350 g/mol. The predicted octanol–water partition coefficient (Wildman–Crippen LogP) is 3.78. The van der Waals surface area contributed by atoms with E-state index in [1.54, 1.807) is 25.1 Å². The summed E-state index contributed by atoms with van der Waals surface area (Å²) in [4.78, 5) is 0.